The van der Waals surface area contributed by atoms with E-state index in [1.807, 2.05) is 58.0 Å². The zero-order valence-electron chi connectivity index (χ0n) is 23.5. The monoisotopic (exact) mass is 558 g/mol. The van der Waals surface area contributed by atoms with Gasteiger partial charge in [-0.25, -0.2) is 9.36 Å². The second-order valence-corrected chi connectivity index (χ2v) is 8.65. The normalized spacial score (nSPS) is 12.2. The number of phosphoric ester groups is 1. The summed E-state index contributed by atoms with van der Waals surface area (Å²) in [6, 6.07) is 15.8. The number of ether oxygens (including phenoxy) is 1. The largest absolute Gasteiger partial charge is 0.530 e. The van der Waals surface area contributed by atoms with Crippen molar-refractivity contribution in [2.45, 2.75) is 61.0 Å². The lowest BCUT2D eigenvalue weighted by Crippen LogP contribution is -2.52. The molecule has 0 bridgehead atoms. The zero-order chi connectivity index (χ0) is 29.1. The maximum atomic E-state index is 12.9. The minimum absolute atomic E-state index is 0.0217. The second kappa shape index (κ2) is 18.6. The maximum absolute atomic E-state index is 12.9. The van der Waals surface area contributed by atoms with Gasteiger partial charge in [-0.15, -0.1) is 22.5 Å². The lowest BCUT2D eigenvalue weighted by Gasteiger charge is -2.27. The molecule has 2 aromatic carbocycles. The number of rotatable bonds is 11. The fraction of sp³-hybridized carbons (Fsp3) is 0.393. The summed E-state index contributed by atoms with van der Waals surface area (Å²) in [6.45, 7) is 11.7. The summed E-state index contributed by atoms with van der Waals surface area (Å²) < 4.78 is 33.6. The van der Waals surface area contributed by atoms with Gasteiger partial charge in [-0.3, -0.25) is 14.5 Å². The topological polar surface area (TPSA) is 111 Å². The highest BCUT2D eigenvalue weighted by molar-refractivity contribution is 7.48. The first-order valence-corrected chi connectivity index (χ1v) is 14.5. The third kappa shape index (κ3) is 10.9. The Bertz CT molecular complexity index is 1140. The van der Waals surface area contributed by atoms with Crippen molar-refractivity contribution in [3.05, 3.63) is 65.7 Å². The van der Waals surface area contributed by atoms with Crippen molar-refractivity contribution in [1.82, 2.24) is 10.4 Å². The van der Waals surface area contributed by atoms with Crippen LogP contribution in [-0.2, 0) is 25.0 Å². The quantitative estimate of drug-likeness (QED) is 0.235. The predicted octanol–water partition coefficient (Wildman–Crippen LogP) is 6.93. The summed E-state index contributed by atoms with van der Waals surface area (Å²) in [7, 11) is -3.69. The van der Waals surface area contributed by atoms with Crippen LogP contribution < -0.4 is 9.95 Å². The van der Waals surface area contributed by atoms with Crippen LogP contribution in [0.15, 0.2) is 64.8 Å². The summed E-state index contributed by atoms with van der Waals surface area (Å²) in [5.74, 6) is 3.58. The van der Waals surface area contributed by atoms with Crippen LogP contribution in [0.2, 0.25) is 0 Å². The van der Waals surface area contributed by atoms with Crippen molar-refractivity contribution < 1.29 is 27.7 Å². The molecule has 0 aliphatic carbocycles. The van der Waals surface area contributed by atoms with Crippen LogP contribution >= 0.6 is 7.82 Å². The molecule has 2 aromatic rings. The molecule has 0 aromatic heterocycles. The van der Waals surface area contributed by atoms with Crippen LogP contribution in [0, 0.1) is 12.3 Å². The molecule has 0 saturated heterocycles. The van der Waals surface area contributed by atoms with Gasteiger partial charge in [0.25, 0.3) is 0 Å². The summed E-state index contributed by atoms with van der Waals surface area (Å²) in [5, 5.41) is 9.53. The van der Waals surface area contributed by atoms with Gasteiger partial charge < -0.3 is 9.26 Å². The maximum Gasteiger partial charge on any atom is 0.530 e. The fourth-order valence-corrected chi connectivity index (χ4v) is 4.14. The standard InChI is InChI=1S/C24H27N4O6P.2C2H6/c1-4-7-13-22-25-26-23(20-11-9-8-10-12-20)27-28(22)24(29)31-18-19-14-16-21(17-15-19)34-35(30,32-5-2)33-6-3;2*1-2/h1,8-12,14-17H,5-7,13,18H2,2-3H3,(H,26,27);2*1-2H3. The molecule has 3 rings (SSSR count). The molecular formula is C28H39N4O6P. The van der Waals surface area contributed by atoms with Gasteiger partial charge in [0.05, 0.1) is 13.2 Å². The Hall–Kier alpha value is -3.64. The van der Waals surface area contributed by atoms with Crippen molar-refractivity contribution in [3.63, 3.8) is 0 Å². The number of carbonyl (C=O) groups is 1. The molecule has 0 fully saturated rings. The first-order valence-electron chi connectivity index (χ1n) is 13.0. The van der Waals surface area contributed by atoms with Crippen molar-refractivity contribution >= 4 is 25.6 Å². The first-order chi connectivity index (χ1) is 19.0. The van der Waals surface area contributed by atoms with E-state index < -0.39 is 13.9 Å². The number of amides is 1. The molecular weight excluding hydrogens is 519 g/mol. The Labute approximate surface area is 232 Å². The van der Waals surface area contributed by atoms with Gasteiger partial charge in [0, 0.05) is 18.4 Å². The van der Waals surface area contributed by atoms with E-state index in [9.17, 15) is 9.36 Å². The molecule has 0 saturated carbocycles. The van der Waals surface area contributed by atoms with E-state index in [0.717, 1.165) is 5.56 Å². The highest BCUT2D eigenvalue weighted by atomic mass is 31.2. The third-order valence-corrected chi connectivity index (χ3v) is 6.12. The molecule has 1 heterocycles. The van der Waals surface area contributed by atoms with Crippen molar-refractivity contribution in [1.29, 1.82) is 0 Å². The fourth-order valence-electron chi connectivity index (χ4n) is 2.95. The number of hydrogen-bond donors (Lipinski definition) is 1. The SMILES string of the molecule is C#CCCC1=NN=C(c2ccccc2)NN1C(=O)OCc1ccc(OP(=O)(OCC)OCC)cc1.CC.CC. The van der Waals surface area contributed by atoms with E-state index in [2.05, 4.69) is 21.5 Å². The number of terminal acetylenes is 1. The van der Waals surface area contributed by atoms with E-state index in [4.69, 9.17) is 24.7 Å². The van der Waals surface area contributed by atoms with Gasteiger partial charge in [-0.1, -0.05) is 70.2 Å². The molecule has 0 radical (unpaired) electrons. The number of benzene rings is 2. The molecule has 11 heteroatoms. The van der Waals surface area contributed by atoms with Gasteiger partial charge >= 0.3 is 13.9 Å². The molecule has 0 unspecified atom stereocenters. The number of hydrazine groups is 1. The van der Waals surface area contributed by atoms with Crippen molar-refractivity contribution in [2.75, 3.05) is 13.2 Å². The lowest BCUT2D eigenvalue weighted by molar-refractivity contribution is 0.109. The number of phosphoric acid groups is 1. The van der Waals surface area contributed by atoms with Gasteiger partial charge in [-0.2, -0.15) is 5.01 Å². The zero-order valence-corrected chi connectivity index (χ0v) is 24.4. The minimum Gasteiger partial charge on any atom is -0.443 e. The molecule has 10 nitrogen and oxygen atoms in total. The lowest BCUT2D eigenvalue weighted by atomic mass is 10.2. The third-order valence-electron chi connectivity index (χ3n) is 4.54. The number of nitrogens with one attached hydrogen (secondary N) is 1. The van der Waals surface area contributed by atoms with Gasteiger partial charge in [-0.05, 0) is 31.5 Å². The van der Waals surface area contributed by atoms with Crippen LogP contribution in [-0.4, -0.2) is 36.0 Å². The van der Waals surface area contributed by atoms with E-state index in [1.54, 1.807) is 38.1 Å². The van der Waals surface area contributed by atoms with Crippen LogP contribution in [0.4, 0.5) is 4.79 Å². The summed E-state index contributed by atoms with van der Waals surface area (Å²) in [6.07, 6.45) is 5.43. The Kier molecular flexibility index (Phi) is 15.9. The summed E-state index contributed by atoms with van der Waals surface area (Å²) in [5.41, 5.74) is 4.40. The van der Waals surface area contributed by atoms with Crippen molar-refractivity contribution in [3.8, 4) is 18.1 Å². The van der Waals surface area contributed by atoms with E-state index in [0.29, 0.717) is 35.8 Å². The van der Waals surface area contributed by atoms with E-state index >= 15 is 0 Å². The molecule has 212 valence electrons. The molecule has 0 spiro atoms. The smallest absolute Gasteiger partial charge is 0.443 e. The Balaban J connectivity index is 0.00000181. The molecule has 1 N–H and O–H groups in total. The Morgan fingerprint density at radius 1 is 0.974 bits per heavy atom. The van der Waals surface area contributed by atoms with Gasteiger partial charge in [0.2, 0.25) is 0 Å². The average Bonchev–Trinajstić information content (AvgIpc) is 2.98. The summed E-state index contributed by atoms with van der Waals surface area (Å²) in [4.78, 5) is 12.9. The molecule has 39 heavy (non-hydrogen) atoms. The van der Waals surface area contributed by atoms with Gasteiger partial charge in [0.1, 0.15) is 12.4 Å². The van der Waals surface area contributed by atoms with E-state index in [-0.39, 0.29) is 19.8 Å². The van der Waals surface area contributed by atoms with Crippen LogP contribution in [0.3, 0.4) is 0 Å². The summed E-state index contributed by atoms with van der Waals surface area (Å²) >= 11 is 0. The number of nitrogens with zero attached hydrogens (tertiary/aromatic N) is 3. The van der Waals surface area contributed by atoms with Crippen LogP contribution in [0.25, 0.3) is 0 Å². The molecule has 1 aliphatic heterocycles. The van der Waals surface area contributed by atoms with Crippen LogP contribution in [0.1, 0.15) is 65.5 Å². The van der Waals surface area contributed by atoms with Gasteiger partial charge in [0.15, 0.2) is 11.7 Å². The Morgan fingerprint density at radius 3 is 2.15 bits per heavy atom. The first kappa shape index (κ1) is 33.4. The van der Waals surface area contributed by atoms with Crippen LogP contribution in [0.5, 0.6) is 5.75 Å². The molecule has 1 aliphatic rings. The van der Waals surface area contributed by atoms with E-state index in [1.165, 1.54) is 5.01 Å². The number of amidine groups is 2. The average molecular weight is 559 g/mol. The Morgan fingerprint density at radius 2 is 1.59 bits per heavy atom. The molecule has 0 atom stereocenters. The predicted molar refractivity (Wildman–Crippen MR) is 154 cm³/mol. The highest BCUT2D eigenvalue weighted by Crippen LogP contribution is 2.49. The van der Waals surface area contributed by atoms with Crippen molar-refractivity contribution in [2.24, 2.45) is 10.2 Å². The highest BCUT2D eigenvalue weighted by Gasteiger charge is 2.28. The molecule has 1 amide bonds. The number of carbonyl (C=O) groups excluding carboxylic acids is 1. The minimum atomic E-state index is -3.69. The second-order valence-electron chi connectivity index (χ2n) is 7.05. The number of hydrogen-bond acceptors (Lipinski definition) is 9.